The first-order valence-corrected chi connectivity index (χ1v) is 19.0. The Balaban J connectivity index is 1.30. The monoisotopic (exact) mass is 796 g/mol. The van der Waals surface area contributed by atoms with Crippen molar-refractivity contribution in [1.29, 1.82) is 0 Å². The van der Waals surface area contributed by atoms with Crippen molar-refractivity contribution in [3.05, 3.63) is 229 Å². The zero-order chi connectivity index (χ0) is 42.2. The minimum Gasteiger partial charge on any atom is -0.258 e. The van der Waals surface area contributed by atoms with Crippen LogP contribution in [0.25, 0.3) is 48.6 Å². The second-order valence-electron chi connectivity index (χ2n) is 14.2. The van der Waals surface area contributed by atoms with E-state index in [2.05, 4.69) is 24.3 Å². The average molecular weight is 797 g/mol. The molecule has 0 saturated heterocycles. The van der Waals surface area contributed by atoms with Gasteiger partial charge in [-0.2, -0.15) is 0 Å². The molecule has 0 radical (unpaired) electrons. The van der Waals surface area contributed by atoms with Crippen LogP contribution in [0.2, 0.25) is 0 Å². The predicted molar refractivity (Wildman–Crippen MR) is 236 cm³/mol. The predicted octanol–water partition coefficient (Wildman–Crippen LogP) is 11.9. The van der Waals surface area contributed by atoms with Gasteiger partial charge in [0.25, 0.3) is 22.7 Å². The number of rotatable bonds is 12. The lowest BCUT2D eigenvalue weighted by atomic mass is 9.86. The van der Waals surface area contributed by atoms with Crippen molar-refractivity contribution in [2.45, 2.75) is 25.7 Å². The molecule has 0 fully saturated rings. The lowest BCUT2D eigenvalue weighted by Crippen LogP contribution is -2.05. The fourth-order valence-corrected chi connectivity index (χ4v) is 7.05. The highest BCUT2D eigenvalue weighted by molar-refractivity contribution is 5.79. The van der Waals surface area contributed by atoms with Crippen LogP contribution < -0.4 is 0 Å². The van der Waals surface area contributed by atoms with Gasteiger partial charge in [0.1, 0.15) is 0 Å². The Morgan fingerprint density at radius 3 is 0.650 bits per heavy atom. The molecule has 0 unspecified atom stereocenters. The Morgan fingerprint density at radius 1 is 0.300 bits per heavy atom. The fourth-order valence-electron chi connectivity index (χ4n) is 7.05. The number of benzene rings is 6. The highest BCUT2D eigenvalue weighted by Gasteiger charge is 2.15. The molecule has 0 amide bonds. The Hall–Kier alpha value is -8.12. The number of hydrogen-bond donors (Lipinski definition) is 0. The number of nitrogens with zero attached hydrogens (tertiary/aromatic N) is 4. The number of non-ortho nitro benzene ring substituents is 4. The summed E-state index contributed by atoms with van der Waals surface area (Å²) in [7, 11) is 0. The molecule has 4 aliphatic carbocycles. The van der Waals surface area contributed by atoms with Crippen molar-refractivity contribution < 1.29 is 19.7 Å². The summed E-state index contributed by atoms with van der Waals surface area (Å²) in [6.45, 7) is 0. The molecule has 4 aliphatic rings. The summed E-state index contributed by atoms with van der Waals surface area (Å²) >= 11 is 0. The number of nitro benzene ring substituents is 4. The summed E-state index contributed by atoms with van der Waals surface area (Å²) in [5.74, 6) is 0. The maximum Gasteiger partial charge on any atom is 0.269 e. The van der Waals surface area contributed by atoms with Crippen LogP contribution in [-0.2, 0) is 25.7 Å². The first-order valence-electron chi connectivity index (χ1n) is 19.0. The van der Waals surface area contributed by atoms with Gasteiger partial charge in [0.05, 0.1) is 19.7 Å². The van der Waals surface area contributed by atoms with Gasteiger partial charge in [-0.1, -0.05) is 72.9 Å². The van der Waals surface area contributed by atoms with Crippen LogP contribution in [0.1, 0.15) is 66.8 Å². The minimum atomic E-state index is -0.427. The van der Waals surface area contributed by atoms with Crippen molar-refractivity contribution >= 4 is 71.4 Å². The molecule has 6 aromatic carbocycles. The van der Waals surface area contributed by atoms with Gasteiger partial charge >= 0.3 is 0 Å². The Bertz CT molecular complexity index is 2350. The zero-order valence-corrected chi connectivity index (χ0v) is 32.0. The summed E-state index contributed by atoms with van der Waals surface area (Å²) < 4.78 is 0. The molecule has 12 nitrogen and oxygen atoms in total. The van der Waals surface area contributed by atoms with Gasteiger partial charge in [-0.25, -0.2) is 0 Å². The standard InChI is InChI=1S/C48H36N4O8/c53-49(54)45-21-5-33(6-22-45)1-13-37-29-42-19-20-44-32-39(15-3-35-9-25-47(26-10-35)51(57)58)43(31-40(44)16-4-36-11-27-48(28-12-36)52(59)60)18-17-41(37)30-38(42)14-2-34-7-23-46(24-8-34)50(55)56/h1-16,21-32H,17-20H2/b13-1-,14-2+,15-3+,16-4+. The topological polar surface area (TPSA) is 173 Å². The lowest BCUT2D eigenvalue weighted by molar-refractivity contribution is -0.385. The summed E-state index contributed by atoms with van der Waals surface area (Å²) in [6.07, 6.45) is 18.5. The van der Waals surface area contributed by atoms with Gasteiger partial charge in [-0.15, -0.1) is 0 Å². The number of hydrogen-bond acceptors (Lipinski definition) is 8. The van der Waals surface area contributed by atoms with E-state index >= 15 is 0 Å². The van der Waals surface area contributed by atoms with Crippen molar-refractivity contribution in [3.8, 4) is 0 Å². The molecule has 0 spiro atoms. The molecule has 0 atom stereocenters. The fraction of sp³-hybridized carbons (Fsp3) is 0.0833. The zero-order valence-electron chi connectivity index (χ0n) is 32.0. The maximum atomic E-state index is 11.3. The number of aryl methyl sites for hydroxylation is 4. The Kier molecular flexibility index (Phi) is 12.0. The minimum absolute atomic E-state index is 0.0137. The molecular formula is C48H36N4O8. The van der Waals surface area contributed by atoms with Gasteiger partial charge < -0.3 is 0 Å². The third kappa shape index (κ3) is 9.87. The van der Waals surface area contributed by atoms with Gasteiger partial charge in [0.15, 0.2) is 0 Å². The highest BCUT2D eigenvalue weighted by Crippen LogP contribution is 2.31. The van der Waals surface area contributed by atoms with Crippen molar-refractivity contribution in [2.24, 2.45) is 0 Å². The van der Waals surface area contributed by atoms with E-state index < -0.39 is 19.7 Å². The van der Waals surface area contributed by atoms with E-state index in [4.69, 9.17) is 0 Å². The van der Waals surface area contributed by atoms with Gasteiger partial charge in [-0.3, -0.25) is 40.5 Å². The molecule has 0 saturated carbocycles. The summed E-state index contributed by atoms with van der Waals surface area (Å²) in [6, 6.07) is 34.3. The second-order valence-corrected chi connectivity index (χ2v) is 14.2. The van der Waals surface area contributed by atoms with Crippen LogP contribution in [0.15, 0.2) is 121 Å². The van der Waals surface area contributed by atoms with Crippen molar-refractivity contribution in [3.63, 3.8) is 0 Å². The van der Waals surface area contributed by atoms with E-state index in [0.29, 0.717) is 25.7 Å². The largest absolute Gasteiger partial charge is 0.269 e. The smallest absolute Gasteiger partial charge is 0.258 e. The van der Waals surface area contributed by atoms with Gasteiger partial charge in [0, 0.05) is 48.5 Å². The SMILES string of the molecule is O=[N+]([O-])c1ccc(/C=C\c2cc3c(/C=C/c4ccc([N+](=O)[O-])cc4)cc2CCc2cc(/C=C/c4ccc([N+](=O)[O-])cc4)c(cc2/C=C/c2ccc([N+](=O)[O-])cc2)CC3)cc1. The lowest BCUT2D eigenvalue weighted by Gasteiger charge is -2.19. The highest BCUT2D eigenvalue weighted by atomic mass is 16.6. The quantitative estimate of drug-likeness (QED) is 0.0668. The summed E-state index contributed by atoms with van der Waals surface area (Å²) in [5, 5.41) is 45.0. The molecule has 0 heterocycles. The van der Waals surface area contributed by atoms with E-state index in [1.54, 1.807) is 48.5 Å². The molecular weight excluding hydrogens is 761 g/mol. The van der Waals surface area contributed by atoms with E-state index in [1.165, 1.54) is 48.5 Å². The van der Waals surface area contributed by atoms with Gasteiger partial charge in [-0.05, 0) is 141 Å². The van der Waals surface area contributed by atoms with Crippen molar-refractivity contribution in [1.82, 2.24) is 0 Å². The van der Waals surface area contributed by atoms with Crippen molar-refractivity contribution in [2.75, 3.05) is 0 Å². The van der Waals surface area contributed by atoms with E-state index in [0.717, 1.165) is 66.8 Å². The van der Waals surface area contributed by atoms with Crippen LogP contribution in [0, 0.1) is 40.5 Å². The average Bonchev–Trinajstić information content (AvgIpc) is 3.25. The second kappa shape index (κ2) is 18.0. The van der Waals surface area contributed by atoms with E-state index in [1.807, 2.05) is 48.6 Å². The molecule has 0 aromatic heterocycles. The van der Waals surface area contributed by atoms with Gasteiger partial charge in [0.2, 0.25) is 0 Å². The van der Waals surface area contributed by atoms with Crippen LogP contribution in [0.3, 0.4) is 0 Å². The molecule has 6 aromatic rings. The first kappa shape index (κ1) is 40.1. The molecule has 296 valence electrons. The van der Waals surface area contributed by atoms with Crippen LogP contribution in [-0.4, -0.2) is 19.7 Å². The Labute approximate surface area is 344 Å². The summed E-state index contributed by atoms with van der Waals surface area (Å²) in [4.78, 5) is 43.3. The molecule has 0 aliphatic heterocycles. The molecule has 12 heteroatoms. The maximum absolute atomic E-state index is 11.3. The molecule has 0 N–H and O–H groups in total. The first-order chi connectivity index (χ1) is 29.0. The molecule has 10 rings (SSSR count). The van der Waals surface area contributed by atoms with Crippen LogP contribution in [0.5, 0.6) is 0 Å². The van der Waals surface area contributed by atoms with E-state index in [-0.39, 0.29) is 22.7 Å². The molecule has 60 heavy (non-hydrogen) atoms. The van der Waals surface area contributed by atoms with Crippen LogP contribution in [0.4, 0.5) is 22.7 Å². The third-order valence-corrected chi connectivity index (χ3v) is 10.4. The normalized spacial score (nSPS) is 12.7. The van der Waals surface area contributed by atoms with Crippen LogP contribution >= 0.6 is 0 Å². The summed E-state index contributed by atoms with van der Waals surface area (Å²) in [5.41, 5.74) is 11.6. The molecule has 4 bridgehead atoms. The van der Waals surface area contributed by atoms with E-state index in [9.17, 15) is 40.5 Å². The Morgan fingerprint density at radius 2 is 0.483 bits per heavy atom. The number of nitro groups is 4. The third-order valence-electron chi connectivity index (χ3n) is 10.4.